The monoisotopic (exact) mass is 423 g/mol. The molecular weight excluding hydrogens is 398 g/mol. The molecule has 0 aliphatic carbocycles. The van der Waals surface area contributed by atoms with Crippen molar-refractivity contribution < 1.29 is 17.9 Å². The molecule has 3 aromatic carbocycles. The molecule has 0 fully saturated rings. The highest BCUT2D eigenvalue weighted by Crippen LogP contribution is 2.26. The summed E-state index contributed by atoms with van der Waals surface area (Å²) in [4.78, 5) is 13.2. The maximum absolute atomic E-state index is 13.4. The molecule has 0 bridgehead atoms. The van der Waals surface area contributed by atoms with Crippen molar-refractivity contribution in [3.8, 4) is 5.75 Å². The largest absolute Gasteiger partial charge is 0.483 e. The fourth-order valence-electron chi connectivity index (χ4n) is 2.99. The molecule has 30 heavy (non-hydrogen) atoms. The minimum atomic E-state index is -4.10. The summed E-state index contributed by atoms with van der Waals surface area (Å²) in [6.07, 6.45) is 0. The first-order chi connectivity index (χ1) is 14.2. The normalized spacial score (nSPS) is 11.2. The molecular formula is C24H25NO4S. The van der Waals surface area contributed by atoms with E-state index in [2.05, 4.69) is 0 Å². The van der Waals surface area contributed by atoms with Gasteiger partial charge in [-0.2, -0.15) is 4.31 Å². The molecule has 0 aliphatic heterocycles. The van der Waals surface area contributed by atoms with Gasteiger partial charge in [0.15, 0.2) is 6.61 Å². The average Bonchev–Trinajstić information content (AvgIpc) is 2.71. The molecule has 0 unspecified atom stereocenters. The van der Waals surface area contributed by atoms with E-state index < -0.39 is 22.5 Å². The number of amides is 1. The molecule has 6 heteroatoms. The van der Waals surface area contributed by atoms with Crippen molar-refractivity contribution in [2.45, 2.75) is 32.6 Å². The van der Waals surface area contributed by atoms with E-state index in [9.17, 15) is 13.2 Å². The molecule has 0 heterocycles. The predicted octanol–water partition coefficient (Wildman–Crippen LogP) is 4.72. The second kappa shape index (κ2) is 8.71. The van der Waals surface area contributed by atoms with Gasteiger partial charge in [0.05, 0.1) is 10.6 Å². The van der Waals surface area contributed by atoms with Crippen molar-refractivity contribution in [2.24, 2.45) is 0 Å². The molecule has 3 aromatic rings. The van der Waals surface area contributed by atoms with Gasteiger partial charge in [0.2, 0.25) is 0 Å². The van der Waals surface area contributed by atoms with E-state index >= 15 is 0 Å². The minimum Gasteiger partial charge on any atom is -0.483 e. The van der Waals surface area contributed by atoms with Crippen LogP contribution in [-0.2, 0) is 14.8 Å². The summed E-state index contributed by atoms with van der Waals surface area (Å²) in [6.45, 7) is 7.22. The van der Waals surface area contributed by atoms with Crippen LogP contribution in [0.1, 0.15) is 22.3 Å². The van der Waals surface area contributed by atoms with Crippen molar-refractivity contribution in [1.29, 1.82) is 0 Å². The van der Waals surface area contributed by atoms with E-state index in [0.717, 1.165) is 26.6 Å². The zero-order valence-corrected chi connectivity index (χ0v) is 18.4. The van der Waals surface area contributed by atoms with Gasteiger partial charge in [-0.05, 0) is 69.2 Å². The number of hydrogen-bond acceptors (Lipinski definition) is 4. The first-order valence-corrected chi connectivity index (χ1v) is 11.0. The Kier molecular flexibility index (Phi) is 6.27. The number of aryl methyl sites for hydroxylation is 3. The highest BCUT2D eigenvalue weighted by atomic mass is 32.2. The molecule has 5 nitrogen and oxygen atoms in total. The Hall–Kier alpha value is -3.12. The number of anilines is 1. The SMILES string of the molecule is Cc1ccc(N(C(=O)COc2cccc(C)c2C)S(=O)(=O)c2ccc(C)cc2)cc1. The van der Waals surface area contributed by atoms with Gasteiger partial charge < -0.3 is 4.74 Å². The molecule has 0 atom stereocenters. The maximum atomic E-state index is 13.4. The van der Waals surface area contributed by atoms with Gasteiger partial charge in [0.1, 0.15) is 5.75 Å². The highest BCUT2D eigenvalue weighted by molar-refractivity contribution is 7.93. The number of sulfonamides is 1. The summed E-state index contributed by atoms with van der Waals surface area (Å²) in [5.74, 6) is -0.111. The lowest BCUT2D eigenvalue weighted by molar-refractivity contribution is -0.119. The lowest BCUT2D eigenvalue weighted by atomic mass is 10.1. The van der Waals surface area contributed by atoms with Crippen LogP contribution in [0, 0.1) is 27.7 Å². The summed E-state index contributed by atoms with van der Waals surface area (Å²) >= 11 is 0. The smallest absolute Gasteiger partial charge is 0.278 e. The van der Waals surface area contributed by atoms with Crippen LogP contribution in [0.2, 0.25) is 0 Å². The Morgan fingerprint density at radius 1 is 0.833 bits per heavy atom. The van der Waals surface area contributed by atoms with Gasteiger partial charge in [-0.3, -0.25) is 4.79 Å². The lowest BCUT2D eigenvalue weighted by Crippen LogP contribution is -2.40. The average molecular weight is 424 g/mol. The van der Waals surface area contributed by atoms with Crippen molar-refractivity contribution in [3.63, 3.8) is 0 Å². The van der Waals surface area contributed by atoms with E-state index in [-0.39, 0.29) is 10.6 Å². The van der Waals surface area contributed by atoms with Gasteiger partial charge in [-0.1, -0.05) is 47.5 Å². The quantitative estimate of drug-likeness (QED) is 0.575. The third-order valence-corrected chi connectivity index (χ3v) is 6.72. The highest BCUT2D eigenvalue weighted by Gasteiger charge is 2.31. The number of carbonyl (C=O) groups is 1. The topological polar surface area (TPSA) is 63.7 Å². The second-order valence-corrected chi connectivity index (χ2v) is 9.09. The van der Waals surface area contributed by atoms with Crippen molar-refractivity contribution >= 4 is 21.6 Å². The van der Waals surface area contributed by atoms with Crippen LogP contribution in [-0.4, -0.2) is 20.9 Å². The van der Waals surface area contributed by atoms with Crippen molar-refractivity contribution in [1.82, 2.24) is 0 Å². The maximum Gasteiger partial charge on any atom is 0.278 e. The van der Waals surface area contributed by atoms with Crippen molar-refractivity contribution in [2.75, 3.05) is 10.9 Å². The third-order valence-electron chi connectivity index (χ3n) is 4.96. The zero-order chi connectivity index (χ0) is 21.9. The number of carbonyl (C=O) groups excluding carboxylic acids is 1. The van der Waals surface area contributed by atoms with Crippen LogP contribution in [0.5, 0.6) is 5.75 Å². The predicted molar refractivity (Wildman–Crippen MR) is 118 cm³/mol. The van der Waals surface area contributed by atoms with Gasteiger partial charge >= 0.3 is 0 Å². The Morgan fingerprint density at radius 3 is 2.00 bits per heavy atom. The lowest BCUT2D eigenvalue weighted by Gasteiger charge is -2.23. The summed E-state index contributed by atoms with van der Waals surface area (Å²) in [7, 11) is -4.10. The number of nitrogens with zero attached hydrogens (tertiary/aromatic N) is 1. The first kappa shape index (κ1) is 21.6. The third kappa shape index (κ3) is 4.54. The van der Waals surface area contributed by atoms with Crippen LogP contribution in [0.4, 0.5) is 5.69 Å². The zero-order valence-electron chi connectivity index (χ0n) is 17.5. The van der Waals surface area contributed by atoms with E-state index in [0.29, 0.717) is 5.75 Å². The van der Waals surface area contributed by atoms with Gasteiger partial charge in [-0.15, -0.1) is 0 Å². The van der Waals surface area contributed by atoms with Crippen LogP contribution in [0.3, 0.4) is 0 Å². The molecule has 0 spiro atoms. The Labute approximate surface area is 178 Å². The summed E-state index contributed by atoms with van der Waals surface area (Å²) < 4.78 is 33.2. The van der Waals surface area contributed by atoms with Crippen molar-refractivity contribution in [3.05, 3.63) is 89.0 Å². The Bertz CT molecular complexity index is 1150. The standard InChI is InChI=1S/C24H25NO4S/c1-17-8-12-21(13-9-17)25(30(27,28)22-14-10-18(2)11-15-22)24(26)16-29-23-7-5-6-19(3)20(23)4/h5-15H,16H2,1-4H3. The molecule has 3 rings (SSSR count). The van der Waals surface area contributed by atoms with E-state index in [1.807, 2.05) is 39.8 Å². The number of ether oxygens (including phenoxy) is 1. The molecule has 1 amide bonds. The van der Waals surface area contributed by atoms with Crippen LogP contribution in [0.15, 0.2) is 71.6 Å². The summed E-state index contributed by atoms with van der Waals surface area (Å²) in [5, 5.41) is 0. The molecule has 0 radical (unpaired) electrons. The molecule has 156 valence electrons. The number of rotatable bonds is 6. The summed E-state index contributed by atoms with van der Waals surface area (Å²) in [5.41, 5.74) is 4.11. The van der Waals surface area contributed by atoms with E-state index in [4.69, 9.17) is 4.74 Å². The fraction of sp³-hybridized carbons (Fsp3) is 0.208. The van der Waals surface area contributed by atoms with E-state index in [1.165, 1.54) is 12.1 Å². The summed E-state index contributed by atoms with van der Waals surface area (Å²) in [6, 6.07) is 18.8. The molecule has 0 N–H and O–H groups in total. The van der Waals surface area contributed by atoms with Gasteiger partial charge in [-0.25, -0.2) is 8.42 Å². The molecule has 0 aromatic heterocycles. The van der Waals surface area contributed by atoms with Crippen LogP contribution >= 0.6 is 0 Å². The Balaban J connectivity index is 1.96. The molecule has 0 saturated carbocycles. The number of hydrogen-bond donors (Lipinski definition) is 0. The van der Waals surface area contributed by atoms with Gasteiger partial charge in [0, 0.05) is 0 Å². The number of benzene rings is 3. The first-order valence-electron chi connectivity index (χ1n) is 9.60. The Morgan fingerprint density at radius 2 is 1.40 bits per heavy atom. The fourth-order valence-corrected chi connectivity index (χ4v) is 4.40. The van der Waals surface area contributed by atoms with E-state index in [1.54, 1.807) is 42.5 Å². The van der Waals surface area contributed by atoms with Crippen LogP contribution < -0.4 is 9.04 Å². The second-order valence-electron chi connectivity index (χ2n) is 7.30. The van der Waals surface area contributed by atoms with Crippen LogP contribution in [0.25, 0.3) is 0 Å². The molecule has 0 aliphatic rings. The molecule has 0 saturated heterocycles. The van der Waals surface area contributed by atoms with Gasteiger partial charge in [0.25, 0.3) is 15.9 Å². The minimum absolute atomic E-state index is 0.0498.